The number of hydrogen-bond acceptors (Lipinski definition) is 2. The predicted molar refractivity (Wildman–Crippen MR) is 64.5 cm³/mol. The minimum atomic E-state index is -1.07. The highest BCUT2D eigenvalue weighted by atomic mass is 19.1. The molecule has 0 fully saturated rings. The summed E-state index contributed by atoms with van der Waals surface area (Å²) < 4.78 is 12.9. The van der Waals surface area contributed by atoms with Gasteiger partial charge in [-0.2, -0.15) is 0 Å². The first-order valence-electron chi connectivity index (χ1n) is 5.66. The number of halogens is 1. The van der Waals surface area contributed by atoms with Gasteiger partial charge >= 0.3 is 5.97 Å². The second kappa shape index (κ2) is 6.14. The molecule has 98 valence electrons. The molecular formula is C13H16FNO3. The van der Waals surface area contributed by atoms with Crippen molar-refractivity contribution >= 4 is 11.9 Å². The van der Waals surface area contributed by atoms with E-state index in [0.29, 0.717) is 5.56 Å². The number of hydrogen-bond donors (Lipinski definition) is 2. The third kappa shape index (κ3) is 4.16. The molecule has 18 heavy (non-hydrogen) atoms. The highest BCUT2D eigenvalue weighted by Crippen LogP contribution is 2.06. The number of carboxylic acid groups (broad SMARTS) is 1. The molecule has 0 spiro atoms. The van der Waals surface area contributed by atoms with Crippen LogP contribution in [0, 0.1) is 11.7 Å². The van der Waals surface area contributed by atoms with Gasteiger partial charge in [-0.1, -0.05) is 26.0 Å². The normalized spacial score (nSPS) is 12.2. The maximum atomic E-state index is 12.9. The van der Waals surface area contributed by atoms with Gasteiger partial charge < -0.3 is 10.4 Å². The molecule has 0 saturated carbocycles. The summed E-state index contributed by atoms with van der Waals surface area (Å²) in [6.45, 7) is 3.42. The van der Waals surface area contributed by atoms with Gasteiger partial charge in [0.2, 0.25) is 5.91 Å². The van der Waals surface area contributed by atoms with Crippen LogP contribution >= 0.6 is 0 Å². The van der Waals surface area contributed by atoms with Crippen molar-refractivity contribution in [1.29, 1.82) is 0 Å². The van der Waals surface area contributed by atoms with Crippen LogP contribution in [0.2, 0.25) is 0 Å². The fourth-order valence-electron chi connectivity index (χ4n) is 1.57. The van der Waals surface area contributed by atoms with Gasteiger partial charge in [0.05, 0.1) is 6.42 Å². The lowest BCUT2D eigenvalue weighted by molar-refractivity contribution is -0.143. The van der Waals surface area contributed by atoms with Crippen LogP contribution in [0.1, 0.15) is 19.4 Å². The maximum Gasteiger partial charge on any atom is 0.326 e. The minimum Gasteiger partial charge on any atom is -0.480 e. The zero-order valence-corrected chi connectivity index (χ0v) is 10.3. The first-order chi connectivity index (χ1) is 8.40. The summed E-state index contributed by atoms with van der Waals surface area (Å²) in [6, 6.07) is 4.74. The van der Waals surface area contributed by atoms with E-state index in [2.05, 4.69) is 5.32 Å². The molecule has 1 rings (SSSR count). The van der Waals surface area contributed by atoms with Crippen LogP contribution in [0.4, 0.5) is 4.39 Å². The molecule has 0 aromatic heterocycles. The van der Waals surface area contributed by atoms with Crippen molar-refractivity contribution in [3.8, 4) is 0 Å². The first-order valence-corrected chi connectivity index (χ1v) is 5.66. The Morgan fingerprint density at radius 3 is 2.56 bits per heavy atom. The van der Waals surface area contributed by atoms with Gasteiger partial charge in [0.1, 0.15) is 11.9 Å². The number of aliphatic carboxylic acids is 1. The van der Waals surface area contributed by atoms with Crippen LogP contribution < -0.4 is 5.32 Å². The van der Waals surface area contributed by atoms with E-state index in [-0.39, 0.29) is 12.3 Å². The number of carbonyl (C=O) groups is 2. The summed E-state index contributed by atoms with van der Waals surface area (Å²) >= 11 is 0. The standard InChI is InChI=1S/C13H16FNO3/c1-8(2)12(13(17)18)15-11(16)7-9-4-3-5-10(14)6-9/h3-6,8,12H,7H2,1-2H3,(H,15,16)(H,17,18)/t12-/m1/s1. The Morgan fingerprint density at radius 1 is 1.39 bits per heavy atom. The Balaban J connectivity index is 2.63. The lowest BCUT2D eigenvalue weighted by atomic mass is 10.0. The average molecular weight is 253 g/mol. The van der Waals surface area contributed by atoms with Crippen molar-refractivity contribution in [1.82, 2.24) is 5.32 Å². The van der Waals surface area contributed by atoms with Crippen molar-refractivity contribution in [2.45, 2.75) is 26.3 Å². The number of carbonyl (C=O) groups excluding carboxylic acids is 1. The highest BCUT2D eigenvalue weighted by Gasteiger charge is 2.23. The zero-order valence-electron chi connectivity index (χ0n) is 10.3. The fraction of sp³-hybridized carbons (Fsp3) is 0.385. The highest BCUT2D eigenvalue weighted by molar-refractivity contribution is 5.84. The molecule has 1 amide bonds. The van der Waals surface area contributed by atoms with Crippen LogP contribution in [0.25, 0.3) is 0 Å². The molecule has 1 aromatic carbocycles. The summed E-state index contributed by atoms with van der Waals surface area (Å²) in [7, 11) is 0. The Labute approximate surface area is 105 Å². The fourth-order valence-corrected chi connectivity index (χ4v) is 1.57. The van der Waals surface area contributed by atoms with Crippen LogP contribution in [-0.4, -0.2) is 23.0 Å². The number of nitrogens with one attached hydrogen (secondary N) is 1. The Kier molecular flexibility index (Phi) is 4.83. The summed E-state index contributed by atoms with van der Waals surface area (Å²) in [5, 5.41) is 11.4. The second-order valence-corrected chi connectivity index (χ2v) is 4.43. The molecule has 0 unspecified atom stereocenters. The molecule has 0 bridgehead atoms. The van der Waals surface area contributed by atoms with Gasteiger partial charge in [0.25, 0.3) is 0 Å². The summed E-state index contributed by atoms with van der Waals surface area (Å²) in [5.41, 5.74) is 0.514. The minimum absolute atomic E-state index is 0.0335. The zero-order chi connectivity index (χ0) is 13.7. The quantitative estimate of drug-likeness (QED) is 0.837. The van der Waals surface area contributed by atoms with Crippen LogP contribution in [0.15, 0.2) is 24.3 Å². The van der Waals surface area contributed by atoms with Gasteiger partial charge in [-0.05, 0) is 23.6 Å². The molecule has 4 nitrogen and oxygen atoms in total. The molecule has 0 aliphatic heterocycles. The Morgan fingerprint density at radius 2 is 2.06 bits per heavy atom. The second-order valence-electron chi connectivity index (χ2n) is 4.43. The van der Waals surface area contributed by atoms with Gasteiger partial charge in [-0.25, -0.2) is 9.18 Å². The first kappa shape index (κ1) is 14.2. The Hall–Kier alpha value is -1.91. The van der Waals surface area contributed by atoms with Crippen molar-refractivity contribution < 1.29 is 19.1 Å². The summed E-state index contributed by atoms with van der Waals surface area (Å²) in [6.07, 6.45) is -0.0335. The van der Waals surface area contributed by atoms with Gasteiger partial charge in [-0.3, -0.25) is 4.79 Å². The third-order valence-corrected chi connectivity index (χ3v) is 2.50. The number of carboxylic acids is 1. The molecule has 0 aliphatic carbocycles. The third-order valence-electron chi connectivity index (χ3n) is 2.50. The summed E-state index contributed by atoms with van der Waals surface area (Å²) in [5.74, 6) is -2.13. The number of benzene rings is 1. The van der Waals surface area contributed by atoms with E-state index in [0.717, 1.165) is 0 Å². The van der Waals surface area contributed by atoms with Crippen molar-refractivity contribution in [3.63, 3.8) is 0 Å². The van der Waals surface area contributed by atoms with Crippen molar-refractivity contribution in [2.24, 2.45) is 5.92 Å². The van der Waals surface area contributed by atoms with E-state index in [1.54, 1.807) is 19.9 Å². The van der Waals surface area contributed by atoms with E-state index < -0.39 is 23.7 Å². The molecule has 0 radical (unpaired) electrons. The summed E-state index contributed by atoms with van der Waals surface area (Å²) in [4.78, 5) is 22.6. The SMILES string of the molecule is CC(C)[C@@H](NC(=O)Cc1cccc(F)c1)C(=O)O. The van der Waals surface area contributed by atoms with Crippen LogP contribution in [-0.2, 0) is 16.0 Å². The monoisotopic (exact) mass is 253 g/mol. The predicted octanol–water partition coefficient (Wildman–Crippen LogP) is 1.59. The van der Waals surface area contributed by atoms with Crippen LogP contribution in [0.5, 0.6) is 0 Å². The van der Waals surface area contributed by atoms with Gasteiger partial charge in [0.15, 0.2) is 0 Å². The topological polar surface area (TPSA) is 66.4 Å². The number of amides is 1. The van der Waals surface area contributed by atoms with Gasteiger partial charge in [-0.15, -0.1) is 0 Å². The average Bonchev–Trinajstić information content (AvgIpc) is 2.25. The molecule has 2 N–H and O–H groups in total. The van der Waals surface area contributed by atoms with E-state index in [9.17, 15) is 14.0 Å². The van der Waals surface area contributed by atoms with E-state index in [4.69, 9.17) is 5.11 Å². The molecule has 1 aromatic rings. The smallest absolute Gasteiger partial charge is 0.326 e. The molecule has 0 aliphatic rings. The molecule has 0 heterocycles. The molecule has 1 atom stereocenters. The molecular weight excluding hydrogens is 237 g/mol. The van der Waals surface area contributed by atoms with E-state index in [1.807, 2.05) is 0 Å². The van der Waals surface area contributed by atoms with E-state index >= 15 is 0 Å². The molecule has 0 saturated heterocycles. The number of rotatable bonds is 5. The Bertz CT molecular complexity index is 446. The maximum absolute atomic E-state index is 12.9. The van der Waals surface area contributed by atoms with E-state index in [1.165, 1.54) is 18.2 Å². The lowest BCUT2D eigenvalue weighted by Gasteiger charge is -2.17. The van der Waals surface area contributed by atoms with Crippen LogP contribution in [0.3, 0.4) is 0 Å². The lowest BCUT2D eigenvalue weighted by Crippen LogP contribution is -2.44. The van der Waals surface area contributed by atoms with Crippen molar-refractivity contribution in [2.75, 3.05) is 0 Å². The largest absolute Gasteiger partial charge is 0.480 e. The molecule has 5 heteroatoms. The van der Waals surface area contributed by atoms with Gasteiger partial charge in [0, 0.05) is 0 Å². The van der Waals surface area contributed by atoms with Crippen molar-refractivity contribution in [3.05, 3.63) is 35.6 Å².